The zero-order chi connectivity index (χ0) is 35.0. The SMILES string of the molecule is CC(=O)OCC1c2ccccc2-c2ccc(NC(=O)CCN3C(=O)CC(SCCCCCCCCCCCCCCCC(=O)O)C3=O)cc21. The topological polar surface area (TPSA) is 130 Å². The summed E-state index contributed by atoms with van der Waals surface area (Å²) in [7, 11) is 0. The summed E-state index contributed by atoms with van der Waals surface area (Å²) in [6.45, 7) is 1.68. The van der Waals surface area contributed by atoms with E-state index in [0.717, 1.165) is 60.1 Å². The number of nitrogens with zero attached hydrogens (tertiary/aromatic N) is 1. The van der Waals surface area contributed by atoms with Crippen molar-refractivity contribution < 1.29 is 33.8 Å². The van der Waals surface area contributed by atoms with Crippen molar-refractivity contribution >= 4 is 47.1 Å². The molecule has 2 unspecified atom stereocenters. The number of ether oxygens (including phenoxy) is 1. The number of amides is 3. The third-order valence-corrected chi connectivity index (χ3v) is 10.7. The maximum Gasteiger partial charge on any atom is 0.303 e. The molecule has 0 saturated carbocycles. The average Bonchev–Trinajstić information content (AvgIpc) is 3.53. The van der Waals surface area contributed by atoms with E-state index >= 15 is 0 Å². The number of hydrogen-bond donors (Lipinski definition) is 2. The summed E-state index contributed by atoms with van der Waals surface area (Å²) in [6, 6.07) is 13.7. The lowest BCUT2D eigenvalue weighted by Crippen LogP contribution is -2.34. The molecule has 10 heteroatoms. The van der Waals surface area contributed by atoms with Gasteiger partial charge in [-0.05, 0) is 53.0 Å². The summed E-state index contributed by atoms with van der Waals surface area (Å²) in [5, 5.41) is 11.2. The number of imide groups is 1. The van der Waals surface area contributed by atoms with Crippen LogP contribution in [0.1, 0.15) is 127 Å². The number of anilines is 1. The summed E-state index contributed by atoms with van der Waals surface area (Å²) in [4.78, 5) is 61.8. The van der Waals surface area contributed by atoms with E-state index in [2.05, 4.69) is 5.32 Å². The predicted molar refractivity (Wildman–Crippen MR) is 193 cm³/mol. The van der Waals surface area contributed by atoms with E-state index in [-0.39, 0.29) is 67.3 Å². The molecule has 2 N–H and O–H groups in total. The van der Waals surface area contributed by atoms with E-state index in [1.165, 1.54) is 63.2 Å². The number of aliphatic carboxylic acids is 1. The first-order valence-electron chi connectivity index (χ1n) is 18.1. The lowest BCUT2D eigenvalue weighted by atomic mass is 9.97. The van der Waals surface area contributed by atoms with E-state index in [9.17, 15) is 24.0 Å². The number of esters is 1. The third-order valence-electron chi connectivity index (χ3n) is 9.41. The van der Waals surface area contributed by atoms with Crippen LogP contribution in [0.2, 0.25) is 0 Å². The first-order chi connectivity index (χ1) is 23.7. The van der Waals surface area contributed by atoms with Gasteiger partial charge in [-0.2, -0.15) is 0 Å². The molecule has 49 heavy (non-hydrogen) atoms. The highest BCUT2D eigenvalue weighted by Gasteiger charge is 2.38. The van der Waals surface area contributed by atoms with Gasteiger partial charge in [-0.25, -0.2) is 0 Å². The molecule has 1 fully saturated rings. The van der Waals surface area contributed by atoms with Gasteiger partial charge in [0.05, 0.1) is 5.25 Å². The number of carboxylic acids is 1. The van der Waals surface area contributed by atoms with Crippen molar-refractivity contribution in [3.63, 3.8) is 0 Å². The first-order valence-corrected chi connectivity index (χ1v) is 19.1. The Labute approximate surface area is 294 Å². The van der Waals surface area contributed by atoms with Gasteiger partial charge in [0.1, 0.15) is 6.61 Å². The van der Waals surface area contributed by atoms with Crippen LogP contribution >= 0.6 is 11.8 Å². The first kappa shape index (κ1) is 38.1. The molecule has 1 heterocycles. The second kappa shape index (κ2) is 20.1. The number of likely N-dealkylation sites (tertiary alicyclic amines) is 1. The molecule has 0 bridgehead atoms. The van der Waals surface area contributed by atoms with Gasteiger partial charge in [0, 0.05) is 44.3 Å². The van der Waals surface area contributed by atoms with E-state index in [1.54, 1.807) is 11.8 Å². The number of fused-ring (bicyclic) bond motifs is 3. The lowest BCUT2D eigenvalue weighted by molar-refractivity contribution is -0.141. The van der Waals surface area contributed by atoms with Gasteiger partial charge < -0.3 is 15.2 Å². The van der Waals surface area contributed by atoms with Gasteiger partial charge >= 0.3 is 11.9 Å². The number of hydrogen-bond acceptors (Lipinski definition) is 7. The normalized spacial score (nSPS) is 16.5. The van der Waals surface area contributed by atoms with Crippen LogP contribution in [0.4, 0.5) is 5.69 Å². The van der Waals surface area contributed by atoms with E-state index < -0.39 is 5.97 Å². The van der Waals surface area contributed by atoms with Gasteiger partial charge in [0.15, 0.2) is 0 Å². The monoisotopic (exact) mass is 692 g/mol. The van der Waals surface area contributed by atoms with Crippen LogP contribution in [0.3, 0.4) is 0 Å². The van der Waals surface area contributed by atoms with Crippen LogP contribution in [0.5, 0.6) is 0 Å². The van der Waals surface area contributed by atoms with E-state index in [1.807, 2.05) is 42.5 Å². The molecule has 9 nitrogen and oxygen atoms in total. The van der Waals surface area contributed by atoms with Crippen molar-refractivity contribution in [3.8, 4) is 11.1 Å². The van der Waals surface area contributed by atoms with E-state index in [0.29, 0.717) is 5.69 Å². The molecule has 2 aromatic rings. The Bertz CT molecular complexity index is 1440. The van der Waals surface area contributed by atoms with Gasteiger partial charge in [-0.15, -0.1) is 11.8 Å². The average molecular weight is 693 g/mol. The van der Waals surface area contributed by atoms with Crippen molar-refractivity contribution in [2.45, 2.75) is 121 Å². The van der Waals surface area contributed by atoms with Gasteiger partial charge in [0.2, 0.25) is 17.7 Å². The predicted octanol–water partition coefficient (Wildman–Crippen LogP) is 8.10. The summed E-state index contributed by atoms with van der Waals surface area (Å²) in [5.74, 6) is -0.977. The number of nitrogens with one attached hydrogen (secondary N) is 1. The number of carboxylic acid groups (broad SMARTS) is 1. The fourth-order valence-corrected chi connectivity index (χ4v) is 7.96. The highest BCUT2D eigenvalue weighted by molar-refractivity contribution is 8.00. The molecule has 1 aliphatic carbocycles. The molecule has 0 aromatic heterocycles. The Kier molecular flexibility index (Phi) is 15.7. The Morgan fingerprint density at radius 3 is 2.08 bits per heavy atom. The number of rotatable bonds is 23. The molecule has 0 radical (unpaired) electrons. The molecule has 2 aliphatic rings. The Morgan fingerprint density at radius 2 is 1.43 bits per heavy atom. The fourth-order valence-electron chi connectivity index (χ4n) is 6.77. The molecule has 1 aliphatic heterocycles. The number of benzene rings is 2. The fraction of sp³-hybridized carbons (Fsp3) is 0.564. The number of thioether (sulfide) groups is 1. The Morgan fingerprint density at radius 1 is 0.816 bits per heavy atom. The van der Waals surface area contributed by atoms with Crippen LogP contribution in [-0.4, -0.2) is 63.8 Å². The van der Waals surface area contributed by atoms with Crippen molar-refractivity contribution in [3.05, 3.63) is 53.6 Å². The minimum absolute atomic E-state index is 0.0254. The maximum atomic E-state index is 13.0. The van der Waals surface area contributed by atoms with Crippen molar-refractivity contribution in [2.24, 2.45) is 0 Å². The van der Waals surface area contributed by atoms with E-state index in [4.69, 9.17) is 9.84 Å². The zero-order valence-corrected chi connectivity index (χ0v) is 29.7. The van der Waals surface area contributed by atoms with Gasteiger partial charge in [0.25, 0.3) is 0 Å². The van der Waals surface area contributed by atoms with Crippen molar-refractivity contribution in [1.82, 2.24) is 4.90 Å². The van der Waals surface area contributed by atoms with Crippen molar-refractivity contribution in [1.29, 1.82) is 0 Å². The molecule has 0 spiro atoms. The van der Waals surface area contributed by atoms with Crippen LogP contribution < -0.4 is 5.32 Å². The number of carbonyl (C=O) groups is 5. The highest BCUT2D eigenvalue weighted by Crippen LogP contribution is 2.45. The van der Waals surface area contributed by atoms with Crippen LogP contribution in [0.25, 0.3) is 11.1 Å². The summed E-state index contributed by atoms with van der Waals surface area (Å²) in [5.41, 5.74) is 4.82. The summed E-state index contributed by atoms with van der Waals surface area (Å²) < 4.78 is 5.36. The zero-order valence-electron chi connectivity index (χ0n) is 28.9. The number of carbonyl (C=O) groups excluding carboxylic acids is 4. The largest absolute Gasteiger partial charge is 0.481 e. The second-order valence-corrected chi connectivity index (χ2v) is 14.5. The Balaban J connectivity index is 1.07. The minimum atomic E-state index is -0.698. The highest BCUT2D eigenvalue weighted by atomic mass is 32.2. The number of unbranched alkanes of at least 4 members (excludes halogenated alkanes) is 12. The molecule has 4 rings (SSSR count). The van der Waals surface area contributed by atoms with Crippen LogP contribution in [0, 0.1) is 0 Å². The van der Waals surface area contributed by atoms with Crippen molar-refractivity contribution in [2.75, 3.05) is 24.2 Å². The molecule has 2 aromatic carbocycles. The third kappa shape index (κ3) is 12.0. The summed E-state index contributed by atoms with van der Waals surface area (Å²) >= 11 is 1.56. The maximum absolute atomic E-state index is 13.0. The molecule has 266 valence electrons. The van der Waals surface area contributed by atoms with Crippen LogP contribution in [-0.2, 0) is 28.7 Å². The standard InChI is InChI=1S/C39H52N2O7S/c1-28(42)48-27-34-31-18-15-14-17-30(31)32-21-20-29(25-33(32)34)40-36(43)22-23-41-37(44)26-35(39(41)47)49-24-16-12-10-8-6-4-2-3-5-7-9-11-13-19-38(45)46/h14-15,17-18,20-21,25,34-35H,2-13,16,19,22-24,26-27H2,1H3,(H,40,43)(H,45,46). The molecule has 1 saturated heterocycles. The molecular formula is C39H52N2O7S. The Hall–Kier alpha value is -3.66. The van der Waals surface area contributed by atoms with Crippen LogP contribution in [0.15, 0.2) is 42.5 Å². The smallest absolute Gasteiger partial charge is 0.303 e. The minimum Gasteiger partial charge on any atom is -0.481 e. The van der Waals surface area contributed by atoms with Gasteiger partial charge in [-0.3, -0.25) is 28.9 Å². The molecule has 3 amide bonds. The molecule has 2 atom stereocenters. The second-order valence-electron chi connectivity index (χ2n) is 13.2. The van der Waals surface area contributed by atoms with Gasteiger partial charge in [-0.1, -0.05) is 101 Å². The summed E-state index contributed by atoms with van der Waals surface area (Å²) in [6.07, 6.45) is 15.5. The molecular weight excluding hydrogens is 641 g/mol. The quantitative estimate of drug-likeness (QED) is 0.0679. The lowest BCUT2D eigenvalue weighted by Gasteiger charge is -2.16.